The van der Waals surface area contributed by atoms with Gasteiger partial charge in [0, 0.05) is 142 Å². The molecule has 0 aliphatic carbocycles. The van der Waals surface area contributed by atoms with Crippen LogP contribution in [0.15, 0.2) is 183 Å². The van der Waals surface area contributed by atoms with Crippen LogP contribution in [0, 0.1) is 39.8 Å². The Kier molecular flexibility index (Phi) is 16.6. The molecule has 3 atom stereocenters. The number of likely N-dealkylation sites (N-methyl/N-ethyl adjacent to an activating group) is 1. The van der Waals surface area contributed by atoms with E-state index >= 15 is 0 Å². The minimum atomic E-state index is -0.228. The van der Waals surface area contributed by atoms with Crippen LogP contribution in [0.25, 0.3) is 85.0 Å². The highest BCUT2D eigenvalue weighted by molar-refractivity contribution is 5.76. The first-order chi connectivity index (χ1) is 49.8. The van der Waals surface area contributed by atoms with Crippen molar-refractivity contribution < 1.29 is 4.39 Å². The van der Waals surface area contributed by atoms with E-state index < -0.39 is 0 Å². The predicted molar refractivity (Wildman–Crippen MR) is 396 cm³/mol. The van der Waals surface area contributed by atoms with E-state index in [1.807, 2.05) is 76.4 Å². The number of rotatable bonds is 11. The van der Waals surface area contributed by atoms with Gasteiger partial charge in [-0.3, -0.25) is 4.57 Å². The van der Waals surface area contributed by atoms with Gasteiger partial charge in [0.2, 0.25) is 0 Å². The highest BCUT2D eigenvalue weighted by Crippen LogP contribution is 2.43. The van der Waals surface area contributed by atoms with E-state index in [-0.39, 0.29) is 5.82 Å². The number of anilines is 3. The van der Waals surface area contributed by atoms with Crippen LogP contribution in [-0.4, -0.2) is 160 Å². The van der Waals surface area contributed by atoms with Crippen molar-refractivity contribution in [3.63, 3.8) is 0 Å². The van der Waals surface area contributed by atoms with Crippen LogP contribution < -0.4 is 20.0 Å². The molecule has 1 spiro atoms. The van der Waals surface area contributed by atoms with Crippen molar-refractivity contribution >= 4 is 17.1 Å². The molecule has 1 N–H and O–H groups in total. The standard InChI is InChI=1S/C29H31N7.C27H25N7.C25H25FN6/c1-3-20(2)31-15-22-10-11-34(16-22)26-8-9-27-25(12-26)18-35-17-24(23-6-4-21(14-30)5-7-23)13-28(35)29-33-32-19-36(27)29;1-31-15-27(16-31)8-9-32(17-27)23-6-7-24-22(10-23)14-33-13-21(20-4-2-19(12-28)3-5-20)11-25(33)26-29-18-30-34(24)26;1-29(2)22-9-10-30(15-22)21-7-8-23-19(11-21)14-31-13-18(17-3-5-20(26)6-4-17)12-24(31)25-27-16-28-32(23)25/h4-9,12-13,17,19-20,22,31H,3,10-11,15-16,18H2,1-2H3;2-7,10-11,13,18H,8-9,14-17H2,1H3;3-8,11-13,16,22H,9-10,14-15H2,1-2H3/t20-,22-;;22-/m0.0/s1. The second-order valence-corrected chi connectivity index (χ2v) is 29.1. The van der Waals surface area contributed by atoms with Crippen LogP contribution in [0.3, 0.4) is 0 Å². The summed E-state index contributed by atoms with van der Waals surface area (Å²) in [5.74, 6) is 2.98. The van der Waals surface area contributed by atoms with Gasteiger partial charge in [-0.25, -0.2) is 23.7 Å². The Morgan fingerprint density at radius 1 is 0.569 bits per heavy atom. The van der Waals surface area contributed by atoms with Crippen molar-refractivity contribution in [1.29, 1.82) is 10.5 Å². The lowest BCUT2D eigenvalue weighted by Crippen LogP contribution is -2.55. The molecule has 13 heterocycles. The molecule has 0 bridgehead atoms. The molecule has 12 aromatic rings. The van der Waals surface area contributed by atoms with Gasteiger partial charge >= 0.3 is 0 Å². The number of likely N-dealkylation sites (tertiary alicyclic amines) is 1. The highest BCUT2D eigenvalue weighted by atomic mass is 19.1. The number of fused-ring (bicyclic) bond motifs is 15. The first-order valence-electron chi connectivity index (χ1n) is 35.6. The summed E-state index contributed by atoms with van der Waals surface area (Å²) >= 11 is 0. The van der Waals surface area contributed by atoms with Gasteiger partial charge in [0.25, 0.3) is 0 Å². The van der Waals surface area contributed by atoms with E-state index in [0.29, 0.717) is 34.5 Å². The molecule has 7 aliphatic rings. The van der Waals surface area contributed by atoms with E-state index in [4.69, 9.17) is 10.5 Å². The van der Waals surface area contributed by atoms with Crippen molar-refractivity contribution in [1.82, 2.24) is 73.1 Å². The molecule has 0 amide bonds. The van der Waals surface area contributed by atoms with Gasteiger partial charge in [0.1, 0.15) is 24.8 Å². The number of nitrogens with one attached hydrogen (secondary N) is 1. The largest absolute Gasteiger partial charge is 0.371 e. The van der Waals surface area contributed by atoms with Crippen LogP contribution in [0.4, 0.5) is 21.5 Å². The molecule has 7 aliphatic heterocycles. The summed E-state index contributed by atoms with van der Waals surface area (Å²) in [6, 6.07) is 54.4. The quantitative estimate of drug-likeness (QED) is 0.129. The Morgan fingerprint density at radius 3 is 1.57 bits per heavy atom. The summed E-state index contributed by atoms with van der Waals surface area (Å²) in [7, 11) is 6.53. The van der Waals surface area contributed by atoms with Gasteiger partial charge in [-0.05, 0) is 209 Å². The summed E-state index contributed by atoms with van der Waals surface area (Å²) < 4.78 is 26.2. The van der Waals surface area contributed by atoms with E-state index in [0.717, 1.165) is 150 Å². The number of benzene rings is 6. The summed E-state index contributed by atoms with van der Waals surface area (Å²) in [5, 5.41) is 39.8. The van der Waals surface area contributed by atoms with E-state index in [1.165, 1.54) is 84.7 Å². The van der Waals surface area contributed by atoms with Crippen molar-refractivity contribution in [2.75, 3.05) is 94.7 Å². The SMILES string of the molecule is CC[C@H](C)NC[C@@H]1CCN(c2ccc3c(c2)Cn2cc(-c4ccc(C#N)cc4)cc2-c2nncn2-3)C1.CN(C)[C@H]1CCN(c2ccc3c(c2)Cn2cc(-c4ccc(F)cc4)cc2-c2ncnn2-3)C1.CN1CC2(CCN(c3ccc4c(c3)Cn3cc(-c5ccc(C#N)cc5)cc3-c3ncnn3-4)C2)C1. The molecule has 102 heavy (non-hydrogen) atoms. The molecule has 4 saturated heterocycles. The van der Waals surface area contributed by atoms with Gasteiger partial charge in [0.05, 0.1) is 57.4 Å². The third-order valence-electron chi connectivity index (χ3n) is 22.1. The molecular formula is C81H81FN20. The van der Waals surface area contributed by atoms with Gasteiger partial charge in [-0.1, -0.05) is 43.3 Å². The summed E-state index contributed by atoms with van der Waals surface area (Å²) in [4.78, 5) is 21.5. The molecule has 0 saturated carbocycles. The van der Waals surface area contributed by atoms with Crippen molar-refractivity contribution in [3.8, 4) is 97.1 Å². The first-order valence-corrected chi connectivity index (χ1v) is 35.6. The summed E-state index contributed by atoms with van der Waals surface area (Å²) in [6.07, 6.45) is 16.4. The lowest BCUT2D eigenvalue weighted by Gasteiger charge is -2.46. The Bertz CT molecular complexity index is 5180. The van der Waals surface area contributed by atoms with Crippen molar-refractivity contribution in [2.24, 2.45) is 11.3 Å². The lowest BCUT2D eigenvalue weighted by atomic mass is 9.79. The maximum atomic E-state index is 13.4. The highest BCUT2D eigenvalue weighted by Gasteiger charge is 2.46. The van der Waals surface area contributed by atoms with Crippen LogP contribution in [-0.2, 0) is 19.6 Å². The Hall–Kier alpha value is -11.2. The van der Waals surface area contributed by atoms with E-state index in [1.54, 1.807) is 12.7 Å². The smallest absolute Gasteiger partial charge is 0.185 e. The fraction of sp³-hybridized carbons (Fsp3) is 0.309. The average molecular weight is 1350 g/mol. The van der Waals surface area contributed by atoms with E-state index in [9.17, 15) is 4.39 Å². The predicted octanol–water partition coefficient (Wildman–Crippen LogP) is 12.7. The van der Waals surface area contributed by atoms with Gasteiger partial charge < -0.3 is 43.5 Å². The van der Waals surface area contributed by atoms with Crippen molar-refractivity contribution in [3.05, 3.63) is 217 Å². The second kappa shape index (κ2) is 26.4. The molecule has 6 aromatic heterocycles. The molecule has 0 radical (unpaired) electrons. The van der Waals surface area contributed by atoms with Crippen LogP contribution >= 0.6 is 0 Å². The number of nitrogens with zero attached hydrogens (tertiary/aromatic N) is 19. The Balaban J connectivity index is 0.000000114. The van der Waals surface area contributed by atoms with E-state index in [2.05, 4.69) is 217 Å². The molecule has 21 heteroatoms. The average Bonchev–Trinajstić information content (AvgIpc) is 1.61. The van der Waals surface area contributed by atoms with Crippen LogP contribution in [0.1, 0.15) is 67.3 Å². The normalized spacial score (nSPS) is 17.5. The summed E-state index contributed by atoms with van der Waals surface area (Å²) in [5.41, 5.74) is 22.2. The number of hydrogen-bond acceptors (Lipinski definition) is 14. The van der Waals surface area contributed by atoms with Crippen LogP contribution in [0.2, 0.25) is 0 Å². The topological polar surface area (TPSA) is 183 Å². The third kappa shape index (κ3) is 12.1. The lowest BCUT2D eigenvalue weighted by molar-refractivity contribution is 0.0424. The van der Waals surface area contributed by atoms with Gasteiger partial charge in [-0.2, -0.15) is 20.7 Å². The zero-order valence-corrected chi connectivity index (χ0v) is 58.2. The summed E-state index contributed by atoms with van der Waals surface area (Å²) in [6.45, 7) is 16.8. The maximum Gasteiger partial charge on any atom is 0.185 e. The van der Waals surface area contributed by atoms with Crippen LogP contribution in [0.5, 0.6) is 0 Å². The first kappa shape index (κ1) is 64.2. The Morgan fingerprint density at radius 2 is 1.06 bits per heavy atom. The molecule has 0 unspecified atom stereocenters. The number of halogens is 1. The fourth-order valence-corrected chi connectivity index (χ4v) is 16.4. The molecule has 6 aromatic carbocycles. The van der Waals surface area contributed by atoms with Gasteiger partial charge in [-0.15, -0.1) is 10.2 Å². The van der Waals surface area contributed by atoms with Crippen molar-refractivity contribution in [2.45, 2.75) is 71.2 Å². The zero-order chi connectivity index (χ0) is 69.3. The minimum absolute atomic E-state index is 0.228. The number of nitriles is 2. The maximum absolute atomic E-state index is 13.4. The fourth-order valence-electron chi connectivity index (χ4n) is 16.4. The Labute approximate surface area is 593 Å². The monoisotopic (exact) mass is 1350 g/mol. The molecule has 19 rings (SSSR count). The zero-order valence-electron chi connectivity index (χ0n) is 58.2. The second-order valence-electron chi connectivity index (χ2n) is 29.1. The molecule has 4 fully saturated rings. The number of hydrogen-bond donors (Lipinski definition) is 1. The molecule has 20 nitrogen and oxygen atoms in total. The number of aromatic nitrogens is 12. The minimum Gasteiger partial charge on any atom is -0.371 e. The molecular weight excluding hydrogens is 1270 g/mol. The van der Waals surface area contributed by atoms with Gasteiger partial charge in [0.15, 0.2) is 17.5 Å². The third-order valence-corrected chi connectivity index (χ3v) is 22.1. The molecule has 512 valence electrons.